The minimum atomic E-state index is -3.69. The van der Waals surface area contributed by atoms with E-state index in [0.29, 0.717) is 30.2 Å². The molecule has 1 aliphatic heterocycles. The summed E-state index contributed by atoms with van der Waals surface area (Å²) < 4.78 is 32.8. The van der Waals surface area contributed by atoms with Crippen molar-refractivity contribution in [1.82, 2.24) is 14.4 Å². The van der Waals surface area contributed by atoms with E-state index in [1.165, 1.54) is 22.5 Å². The van der Waals surface area contributed by atoms with Crippen LogP contribution in [-0.2, 0) is 10.0 Å². The van der Waals surface area contributed by atoms with Crippen LogP contribution in [0.5, 0.6) is 0 Å². The highest BCUT2D eigenvalue weighted by atomic mass is 35.5. The highest BCUT2D eigenvalue weighted by molar-refractivity contribution is 7.89. The van der Waals surface area contributed by atoms with Crippen LogP contribution in [0.3, 0.4) is 0 Å². The third-order valence-electron chi connectivity index (χ3n) is 5.59. The van der Waals surface area contributed by atoms with Crippen LogP contribution >= 0.6 is 11.6 Å². The van der Waals surface area contributed by atoms with Crippen molar-refractivity contribution in [3.63, 3.8) is 0 Å². The number of benzene rings is 2. The number of hydrogen-bond donors (Lipinski definition) is 1. The first-order valence-corrected chi connectivity index (χ1v) is 12.5. The molecule has 2 heterocycles. The van der Waals surface area contributed by atoms with Gasteiger partial charge >= 0.3 is 0 Å². The summed E-state index contributed by atoms with van der Waals surface area (Å²) in [6.45, 7) is 6.70. The fraction of sp³-hybridized carbons (Fsp3) is 0.348. The fourth-order valence-corrected chi connectivity index (χ4v) is 5.44. The van der Waals surface area contributed by atoms with E-state index >= 15 is 0 Å². The molecular weight excluding hydrogens is 464 g/mol. The van der Waals surface area contributed by atoms with E-state index < -0.39 is 15.9 Å². The summed E-state index contributed by atoms with van der Waals surface area (Å²) in [4.78, 5) is 17.7. The van der Waals surface area contributed by atoms with Crippen molar-refractivity contribution < 1.29 is 17.7 Å². The van der Waals surface area contributed by atoms with Crippen molar-refractivity contribution >= 4 is 33.2 Å². The molecule has 0 unspecified atom stereocenters. The SMILES string of the molecule is Cc1cccc(-c2nc(C(C)C)no2)c1NC(=O)c1cc(S(=O)(=O)N2CCCC2)ccc1Cl. The Morgan fingerprint density at radius 2 is 1.91 bits per heavy atom. The van der Waals surface area contributed by atoms with Crippen LogP contribution in [0.4, 0.5) is 5.69 Å². The Morgan fingerprint density at radius 3 is 2.58 bits per heavy atom. The maximum atomic E-state index is 13.2. The fourth-order valence-electron chi connectivity index (χ4n) is 3.69. The molecule has 1 saturated heterocycles. The molecule has 2 aromatic carbocycles. The highest BCUT2D eigenvalue weighted by Crippen LogP contribution is 2.32. The number of halogens is 1. The largest absolute Gasteiger partial charge is 0.334 e. The first kappa shape index (κ1) is 23.4. The third kappa shape index (κ3) is 4.66. The first-order chi connectivity index (χ1) is 15.7. The van der Waals surface area contributed by atoms with E-state index in [-0.39, 0.29) is 27.3 Å². The second-order valence-corrected chi connectivity index (χ2v) is 10.7. The number of rotatable bonds is 6. The van der Waals surface area contributed by atoms with E-state index in [4.69, 9.17) is 16.1 Å². The smallest absolute Gasteiger partial charge is 0.260 e. The van der Waals surface area contributed by atoms with E-state index in [1.54, 1.807) is 6.07 Å². The highest BCUT2D eigenvalue weighted by Gasteiger charge is 2.28. The average molecular weight is 489 g/mol. The number of anilines is 1. The van der Waals surface area contributed by atoms with E-state index in [0.717, 1.165) is 18.4 Å². The molecule has 3 aromatic rings. The molecule has 0 radical (unpaired) electrons. The van der Waals surface area contributed by atoms with Crippen LogP contribution < -0.4 is 5.32 Å². The van der Waals surface area contributed by atoms with Crippen LogP contribution in [-0.4, -0.2) is 41.9 Å². The van der Waals surface area contributed by atoms with Crippen LogP contribution in [0.15, 0.2) is 45.8 Å². The van der Waals surface area contributed by atoms with E-state index in [1.807, 2.05) is 32.9 Å². The number of amides is 1. The quantitative estimate of drug-likeness (QED) is 0.531. The number of carbonyl (C=O) groups is 1. The van der Waals surface area contributed by atoms with Crippen molar-refractivity contribution in [1.29, 1.82) is 0 Å². The lowest BCUT2D eigenvalue weighted by Crippen LogP contribution is -2.28. The zero-order valence-electron chi connectivity index (χ0n) is 18.6. The Kier molecular flexibility index (Phi) is 6.56. The topological polar surface area (TPSA) is 105 Å². The van der Waals surface area contributed by atoms with Crippen molar-refractivity contribution in [2.75, 3.05) is 18.4 Å². The zero-order chi connectivity index (χ0) is 23.8. The summed E-state index contributed by atoms with van der Waals surface area (Å²) in [5, 5.41) is 7.02. The third-order valence-corrected chi connectivity index (χ3v) is 7.81. The van der Waals surface area contributed by atoms with Crippen LogP contribution in [0.2, 0.25) is 5.02 Å². The molecule has 0 atom stereocenters. The Morgan fingerprint density at radius 1 is 1.18 bits per heavy atom. The zero-order valence-corrected chi connectivity index (χ0v) is 20.2. The molecule has 0 aliphatic carbocycles. The van der Waals surface area contributed by atoms with Gasteiger partial charge in [0.15, 0.2) is 5.82 Å². The Labute approximate surface area is 198 Å². The molecule has 174 valence electrons. The lowest BCUT2D eigenvalue weighted by atomic mass is 10.1. The van der Waals surface area contributed by atoms with Gasteiger partial charge in [0.1, 0.15) is 0 Å². The van der Waals surface area contributed by atoms with Gasteiger partial charge in [0, 0.05) is 19.0 Å². The number of aryl methyl sites for hydroxylation is 1. The summed E-state index contributed by atoms with van der Waals surface area (Å²) in [5.74, 6) is 0.405. The lowest BCUT2D eigenvalue weighted by molar-refractivity contribution is 0.102. The molecule has 10 heteroatoms. The Hall–Kier alpha value is -2.75. The number of hydrogen-bond acceptors (Lipinski definition) is 6. The van der Waals surface area contributed by atoms with Gasteiger partial charge in [-0.15, -0.1) is 0 Å². The van der Waals surface area contributed by atoms with Gasteiger partial charge in [-0.3, -0.25) is 4.79 Å². The predicted molar refractivity (Wildman–Crippen MR) is 126 cm³/mol. The molecule has 0 bridgehead atoms. The number of aromatic nitrogens is 2. The Balaban J connectivity index is 1.68. The van der Waals surface area contributed by atoms with Gasteiger partial charge in [-0.2, -0.15) is 9.29 Å². The van der Waals surface area contributed by atoms with Gasteiger partial charge in [0.2, 0.25) is 10.0 Å². The van der Waals surface area contributed by atoms with Crippen LogP contribution in [0.25, 0.3) is 11.5 Å². The van der Waals surface area contributed by atoms with Gasteiger partial charge in [-0.05, 0) is 49.6 Å². The second-order valence-electron chi connectivity index (χ2n) is 8.32. The van der Waals surface area contributed by atoms with Crippen molar-refractivity contribution in [3.8, 4) is 11.5 Å². The number of nitrogens with zero attached hydrogens (tertiary/aromatic N) is 3. The standard InChI is InChI=1S/C23H25ClN4O4S/c1-14(2)21-26-23(32-27-21)17-8-6-7-15(3)20(17)25-22(29)18-13-16(9-10-19(18)24)33(30,31)28-11-4-5-12-28/h6-10,13-14H,4-5,11-12H2,1-3H3,(H,25,29). The molecule has 0 spiro atoms. The van der Waals surface area contributed by atoms with E-state index in [9.17, 15) is 13.2 Å². The normalized spacial score (nSPS) is 14.7. The van der Waals surface area contributed by atoms with Crippen molar-refractivity contribution in [2.45, 2.75) is 44.4 Å². The summed E-state index contributed by atoms with van der Waals surface area (Å²) >= 11 is 6.29. The molecule has 1 amide bonds. The molecule has 8 nitrogen and oxygen atoms in total. The number of para-hydroxylation sites is 1. The number of nitrogens with one attached hydrogen (secondary N) is 1. The summed E-state index contributed by atoms with van der Waals surface area (Å²) in [6, 6.07) is 9.64. The molecule has 0 saturated carbocycles. The molecule has 1 fully saturated rings. The molecule has 4 rings (SSSR count). The maximum Gasteiger partial charge on any atom is 0.260 e. The Bertz CT molecular complexity index is 1300. The number of carbonyl (C=O) groups excluding carboxylic acids is 1. The molecule has 1 aromatic heterocycles. The number of sulfonamides is 1. The summed E-state index contributed by atoms with van der Waals surface area (Å²) in [7, 11) is -3.69. The predicted octanol–water partition coefficient (Wildman–Crippen LogP) is 4.86. The van der Waals surface area contributed by atoms with Crippen LogP contribution in [0, 0.1) is 6.92 Å². The lowest BCUT2D eigenvalue weighted by Gasteiger charge is -2.17. The summed E-state index contributed by atoms with van der Waals surface area (Å²) in [6.07, 6.45) is 1.65. The molecule has 33 heavy (non-hydrogen) atoms. The first-order valence-electron chi connectivity index (χ1n) is 10.7. The molecule has 1 aliphatic rings. The average Bonchev–Trinajstić information content (AvgIpc) is 3.48. The van der Waals surface area contributed by atoms with Gasteiger partial charge < -0.3 is 9.84 Å². The van der Waals surface area contributed by atoms with Gasteiger partial charge in [-0.25, -0.2) is 8.42 Å². The van der Waals surface area contributed by atoms with Gasteiger partial charge in [0.25, 0.3) is 11.8 Å². The van der Waals surface area contributed by atoms with Gasteiger partial charge in [0.05, 0.1) is 26.7 Å². The minimum absolute atomic E-state index is 0.0439. The molecular formula is C23H25ClN4O4S. The van der Waals surface area contributed by atoms with E-state index in [2.05, 4.69) is 15.5 Å². The monoisotopic (exact) mass is 488 g/mol. The van der Waals surface area contributed by atoms with Gasteiger partial charge in [-0.1, -0.05) is 42.7 Å². The summed E-state index contributed by atoms with van der Waals surface area (Å²) in [5.41, 5.74) is 1.91. The maximum absolute atomic E-state index is 13.2. The minimum Gasteiger partial charge on any atom is -0.334 e. The molecule has 1 N–H and O–H groups in total. The van der Waals surface area contributed by atoms with Crippen molar-refractivity contribution in [2.24, 2.45) is 0 Å². The van der Waals surface area contributed by atoms with Crippen molar-refractivity contribution in [3.05, 3.63) is 58.4 Å². The second kappa shape index (κ2) is 9.24. The van der Waals surface area contributed by atoms with Crippen LogP contribution in [0.1, 0.15) is 54.4 Å².